The fraction of sp³-hybridized carbons (Fsp3) is 0.625. The van der Waals surface area contributed by atoms with Gasteiger partial charge in [0.2, 0.25) is 0 Å². The first-order valence-corrected chi connectivity index (χ1v) is 3.86. The number of esters is 1. The lowest BCUT2D eigenvalue weighted by Crippen LogP contribution is -3.07. The third-order valence-electron chi connectivity index (χ3n) is 1.92. The number of hydrogen-bond donors (Lipinski definition) is 1. The summed E-state index contributed by atoms with van der Waals surface area (Å²) in [4.78, 5) is 12.1. The first kappa shape index (κ1) is 8.27. The monoisotopic (exact) mass is 156 g/mol. The van der Waals surface area contributed by atoms with Gasteiger partial charge in [0.15, 0.2) is 6.10 Å². The fourth-order valence-corrected chi connectivity index (χ4v) is 1.31. The summed E-state index contributed by atoms with van der Waals surface area (Å²) in [5.41, 5.74) is 0. The molecule has 0 radical (unpaired) electrons. The Hall–Kier alpha value is -0.830. The standard InChI is InChI=1S/C8H13NO2/c1-3-8(10)11-7-4-5-9(2)6-7/h3,7H,1,4-6H2,2H3/p+1. The lowest BCUT2D eigenvalue weighted by molar-refractivity contribution is -0.867. The first-order valence-electron chi connectivity index (χ1n) is 3.86. The normalized spacial score (nSPS) is 29.9. The summed E-state index contributed by atoms with van der Waals surface area (Å²) in [5.74, 6) is -0.301. The van der Waals surface area contributed by atoms with Gasteiger partial charge in [-0.25, -0.2) is 4.79 Å². The summed E-state index contributed by atoms with van der Waals surface area (Å²) in [7, 11) is 2.10. The van der Waals surface area contributed by atoms with Crippen LogP contribution >= 0.6 is 0 Å². The molecule has 0 bridgehead atoms. The zero-order chi connectivity index (χ0) is 8.27. The lowest BCUT2D eigenvalue weighted by Gasteiger charge is -2.07. The summed E-state index contributed by atoms with van der Waals surface area (Å²) in [6.45, 7) is 5.36. The number of hydrogen-bond acceptors (Lipinski definition) is 2. The van der Waals surface area contributed by atoms with E-state index in [2.05, 4.69) is 13.6 Å². The molecule has 0 aromatic rings. The van der Waals surface area contributed by atoms with E-state index in [-0.39, 0.29) is 12.1 Å². The quantitative estimate of drug-likeness (QED) is 0.411. The Morgan fingerprint density at radius 3 is 3.00 bits per heavy atom. The van der Waals surface area contributed by atoms with Crippen molar-refractivity contribution >= 4 is 5.97 Å². The van der Waals surface area contributed by atoms with E-state index in [0.29, 0.717) is 0 Å². The SMILES string of the molecule is C=CC(=O)OC1CC[NH+](C)C1. The largest absolute Gasteiger partial charge is 0.453 e. The number of carbonyl (C=O) groups is 1. The maximum absolute atomic E-state index is 10.7. The number of carbonyl (C=O) groups excluding carboxylic acids is 1. The molecule has 1 aliphatic rings. The summed E-state index contributed by atoms with van der Waals surface area (Å²) >= 11 is 0. The highest BCUT2D eigenvalue weighted by Crippen LogP contribution is 1.99. The third kappa shape index (κ3) is 2.35. The van der Waals surface area contributed by atoms with Gasteiger partial charge in [-0.05, 0) is 0 Å². The molecule has 0 aromatic heterocycles. The van der Waals surface area contributed by atoms with Crippen LogP contribution < -0.4 is 4.90 Å². The predicted octanol–water partition coefficient (Wildman–Crippen LogP) is -0.997. The Morgan fingerprint density at radius 2 is 2.55 bits per heavy atom. The van der Waals surface area contributed by atoms with Crippen LogP contribution in [-0.2, 0) is 9.53 Å². The number of nitrogens with one attached hydrogen (secondary N) is 1. The van der Waals surface area contributed by atoms with Crippen LogP contribution in [0.5, 0.6) is 0 Å². The topological polar surface area (TPSA) is 30.7 Å². The number of rotatable bonds is 2. The Labute approximate surface area is 66.6 Å². The van der Waals surface area contributed by atoms with Crippen LogP contribution in [0.4, 0.5) is 0 Å². The minimum atomic E-state index is -0.301. The van der Waals surface area contributed by atoms with E-state index in [1.54, 1.807) is 0 Å². The number of likely N-dealkylation sites (tertiary alicyclic amines) is 1. The molecular weight excluding hydrogens is 142 g/mol. The van der Waals surface area contributed by atoms with Gasteiger partial charge in [0, 0.05) is 12.5 Å². The smallest absolute Gasteiger partial charge is 0.330 e. The van der Waals surface area contributed by atoms with Crippen molar-refractivity contribution in [2.24, 2.45) is 0 Å². The molecule has 0 aliphatic carbocycles. The lowest BCUT2D eigenvalue weighted by atomic mass is 10.3. The summed E-state index contributed by atoms with van der Waals surface area (Å²) < 4.78 is 5.05. The molecule has 11 heavy (non-hydrogen) atoms. The molecule has 1 saturated heterocycles. The van der Waals surface area contributed by atoms with Crippen molar-refractivity contribution in [3.05, 3.63) is 12.7 Å². The van der Waals surface area contributed by atoms with Crippen molar-refractivity contribution in [1.82, 2.24) is 0 Å². The van der Waals surface area contributed by atoms with Crippen molar-refractivity contribution < 1.29 is 14.4 Å². The van der Waals surface area contributed by atoms with Gasteiger partial charge in [-0.3, -0.25) is 0 Å². The molecule has 2 unspecified atom stereocenters. The summed E-state index contributed by atoms with van der Waals surface area (Å²) in [5, 5.41) is 0. The van der Waals surface area contributed by atoms with Crippen molar-refractivity contribution in [3.8, 4) is 0 Å². The van der Waals surface area contributed by atoms with Crippen molar-refractivity contribution in [3.63, 3.8) is 0 Å². The summed E-state index contributed by atoms with van der Waals surface area (Å²) in [6.07, 6.45) is 2.31. The second kappa shape index (κ2) is 3.53. The Balaban J connectivity index is 2.28. The molecule has 0 aromatic carbocycles. The average Bonchev–Trinajstić information content (AvgIpc) is 2.35. The molecular formula is C8H14NO2+. The zero-order valence-corrected chi connectivity index (χ0v) is 6.80. The maximum atomic E-state index is 10.7. The second-order valence-electron chi connectivity index (χ2n) is 2.96. The van der Waals surface area contributed by atoms with E-state index in [1.807, 2.05) is 0 Å². The van der Waals surface area contributed by atoms with Crippen LogP contribution in [0.25, 0.3) is 0 Å². The van der Waals surface area contributed by atoms with E-state index < -0.39 is 0 Å². The first-order chi connectivity index (χ1) is 5.22. The van der Waals surface area contributed by atoms with Gasteiger partial charge in [0.05, 0.1) is 13.6 Å². The van der Waals surface area contributed by atoms with Gasteiger partial charge < -0.3 is 9.64 Å². The van der Waals surface area contributed by atoms with Gasteiger partial charge >= 0.3 is 5.97 Å². The molecule has 0 amide bonds. The molecule has 1 rings (SSSR count). The highest BCUT2D eigenvalue weighted by Gasteiger charge is 2.25. The van der Waals surface area contributed by atoms with Crippen LogP contribution in [0.3, 0.4) is 0 Å². The van der Waals surface area contributed by atoms with Gasteiger partial charge in [-0.2, -0.15) is 0 Å². The minimum absolute atomic E-state index is 0.112. The molecule has 1 N–H and O–H groups in total. The summed E-state index contributed by atoms with van der Waals surface area (Å²) in [6, 6.07) is 0. The van der Waals surface area contributed by atoms with E-state index in [1.165, 1.54) is 11.0 Å². The van der Waals surface area contributed by atoms with Crippen molar-refractivity contribution in [2.45, 2.75) is 12.5 Å². The van der Waals surface area contributed by atoms with Gasteiger partial charge in [0.25, 0.3) is 0 Å². The number of quaternary nitrogens is 1. The predicted molar refractivity (Wildman–Crippen MR) is 41.3 cm³/mol. The fourth-order valence-electron chi connectivity index (χ4n) is 1.31. The van der Waals surface area contributed by atoms with Crippen LogP contribution in [0.15, 0.2) is 12.7 Å². The minimum Gasteiger partial charge on any atom is -0.453 e. The Morgan fingerprint density at radius 1 is 1.82 bits per heavy atom. The zero-order valence-electron chi connectivity index (χ0n) is 6.80. The van der Waals surface area contributed by atoms with Crippen LogP contribution in [0.1, 0.15) is 6.42 Å². The molecule has 3 heteroatoms. The van der Waals surface area contributed by atoms with E-state index >= 15 is 0 Å². The molecule has 3 nitrogen and oxygen atoms in total. The molecule has 2 atom stereocenters. The molecule has 62 valence electrons. The highest BCUT2D eigenvalue weighted by atomic mass is 16.5. The number of likely N-dealkylation sites (N-methyl/N-ethyl adjacent to an activating group) is 1. The molecule has 1 heterocycles. The van der Waals surface area contributed by atoms with Crippen LogP contribution in [-0.4, -0.2) is 32.2 Å². The van der Waals surface area contributed by atoms with Gasteiger partial charge in [-0.15, -0.1) is 0 Å². The van der Waals surface area contributed by atoms with Crippen molar-refractivity contribution in [1.29, 1.82) is 0 Å². The van der Waals surface area contributed by atoms with E-state index in [9.17, 15) is 4.79 Å². The van der Waals surface area contributed by atoms with Crippen LogP contribution in [0.2, 0.25) is 0 Å². The Bertz CT molecular complexity index is 167. The highest BCUT2D eigenvalue weighted by molar-refractivity contribution is 5.81. The Kier molecular flexibility index (Phi) is 2.65. The molecule has 1 fully saturated rings. The molecule has 0 spiro atoms. The molecule has 0 saturated carbocycles. The number of ether oxygens (including phenoxy) is 1. The van der Waals surface area contributed by atoms with Gasteiger partial charge in [0.1, 0.15) is 6.54 Å². The van der Waals surface area contributed by atoms with Gasteiger partial charge in [-0.1, -0.05) is 6.58 Å². The van der Waals surface area contributed by atoms with Crippen LogP contribution in [0, 0.1) is 0 Å². The average molecular weight is 156 g/mol. The third-order valence-corrected chi connectivity index (χ3v) is 1.92. The van der Waals surface area contributed by atoms with E-state index in [0.717, 1.165) is 19.5 Å². The van der Waals surface area contributed by atoms with Crippen molar-refractivity contribution in [2.75, 3.05) is 20.1 Å². The maximum Gasteiger partial charge on any atom is 0.330 e. The second-order valence-corrected chi connectivity index (χ2v) is 2.96. The van der Waals surface area contributed by atoms with E-state index in [4.69, 9.17) is 4.74 Å². The molecule has 1 aliphatic heterocycles.